The van der Waals surface area contributed by atoms with E-state index in [2.05, 4.69) is 10.1 Å². The van der Waals surface area contributed by atoms with Gasteiger partial charge in [0.05, 0.1) is 10.0 Å². The van der Waals surface area contributed by atoms with E-state index in [0.29, 0.717) is 15.7 Å². The Morgan fingerprint density at radius 2 is 2.00 bits per heavy atom. The first-order valence-corrected chi connectivity index (χ1v) is 5.69. The second-order valence-electron chi connectivity index (χ2n) is 3.19. The van der Waals surface area contributed by atoms with Crippen LogP contribution in [0.3, 0.4) is 0 Å². The number of carbonyl (C=O) groups excluding carboxylic acids is 2. The summed E-state index contributed by atoms with van der Waals surface area (Å²) in [5, 5.41) is 3.28. The van der Waals surface area contributed by atoms with Crippen LogP contribution in [0.4, 0.5) is 5.69 Å². The van der Waals surface area contributed by atoms with Crippen molar-refractivity contribution in [1.29, 1.82) is 0 Å². The Balaban J connectivity index is 2.50. The van der Waals surface area contributed by atoms with Crippen LogP contribution in [0, 0.1) is 0 Å². The molecule has 0 atom stereocenters. The second kappa shape index (κ2) is 6.47. The van der Waals surface area contributed by atoms with Crippen molar-refractivity contribution in [1.82, 2.24) is 0 Å². The Morgan fingerprint density at radius 1 is 1.29 bits per heavy atom. The van der Waals surface area contributed by atoms with E-state index in [-0.39, 0.29) is 13.0 Å². The lowest BCUT2D eigenvalue weighted by Crippen LogP contribution is -2.20. The number of benzene rings is 1. The molecule has 0 unspecified atom stereocenters. The van der Waals surface area contributed by atoms with Gasteiger partial charge in [0.25, 0.3) is 5.91 Å². The highest BCUT2D eigenvalue weighted by Gasteiger charge is 2.07. The molecule has 4 nitrogen and oxygen atoms in total. The number of ether oxygens (including phenoxy) is 1. The van der Waals surface area contributed by atoms with Gasteiger partial charge in [0, 0.05) is 12.1 Å². The maximum absolute atomic E-state index is 11.4. The third-order valence-corrected chi connectivity index (χ3v) is 2.60. The van der Waals surface area contributed by atoms with Crippen LogP contribution in [0.1, 0.15) is 13.3 Å². The fourth-order valence-electron chi connectivity index (χ4n) is 1.02. The molecule has 1 aromatic carbocycles. The number of nitrogens with one attached hydrogen (secondary N) is 1. The van der Waals surface area contributed by atoms with E-state index >= 15 is 0 Å². The Kier molecular flexibility index (Phi) is 5.25. The summed E-state index contributed by atoms with van der Waals surface area (Å²) >= 11 is 11.5. The molecule has 0 saturated carbocycles. The molecule has 0 heterocycles. The number of rotatable bonds is 4. The molecule has 1 aromatic rings. The van der Waals surface area contributed by atoms with Crippen LogP contribution >= 0.6 is 23.2 Å². The Hall–Kier alpha value is -1.26. The van der Waals surface area contributed by atoms with Crippen LogP contribution in [-0.2, 0) is 14.3 Å². The van der Waals surface area contributed by atoms with E-state index in [1.807, 2.05) is 0 Å². The largest absolute Gasteiger partial charge is 0.456 e. The molecule has 1 rings (SSSR count). The SMILES string of the molecule is CCC(=O)OCC(=O)Nc1ccc(Cl)c(Cl)c1. The van der Waals surface area contributed by atoms with E-state index in [1.165, 1.54) is 6.07 Å². The highest BCUT2D eigenvalue weighted by Crippen LogP contribution is 2.24. The molecule has 0 saturated heterocycles. The number of hydrogen-bond acceptors (Lipinski definition) is 3. The molecule has 0 aromatic heterocycles. The van der Waals surface area contributed by atoms with Gasteiger partial charge in [-0.25, -0.2) is 0 Å². The zero-order valence-corrected chi connectivity index (χ0v) is 10.6. The monoisotopic (exact) mass is 275 g/mol. The first kappa shape index (κ1) is 13.8. The number of hydrogen-bond donors (Lipinski definition) is 1. The minimum absolute atomic E-state index is 0.236. The van der Waals surface area contributed by atoms with E-state index in [1.54, 1.807) is 19.1 Å². The van der Waals surface area contributed by atoms with Crippen molar-refractivity contribution >= 4 is 40.8 Å². The summed E-state index contributed by atoms with van der Waals surface area (Å²) in [4.78, 5) is 22.2. The van der Waals surface area contributed by atoms with Crippen molar-refractivity contribution < 1.29 is 14.3 Å². The van der Waals surface area contributed by atoms with Crippen LogP contribution in [0.25, 0.3) is 0 Å². The minimum atomic E-state index is -0.426. The Bertz CT molecular complexity index is 435. The summed E-state index contributed by atoms with van der Waals surface area (Å²) in [6.45, 7) is 1.34. The summed E-state index contributed by atoms with van der Waals surface area (Å²) in [6.07, 6.45) is 0.236. The molecule has 17 heavy (non-hydrogen) atoms. The minimum Gasteiger partial charge on any atom is -0.456 e. The summed E-state index contributed by atoms with van der Waals surface area (Å²) < 4.78 is 4.67. The van der Waals surface area contributed by atoms with E-state index < -0.39 is 11.9 Å². The van der Waals surface area contributed by atoms with Crippen molar-refractivity contribution in [3.63, 3.8) is 0 Å². The molecule has 0 radical (unpaired) electrons. The molecule has 0 aliphatic rings. The summed E-state index contributed by atoms with van der Waals surface area (Å²) in [5.41, 5.74) is 0.497. The van der Waals surface area contributed by atoms with Crippen molar-refractivity contribution in [2.45, 2.75) is 13.3 Å². The third-order valence-electron chi connectivity index (χ3n) is 1.86. The predicted octanol–water partition coefficient (Wildman–Crippen LogP) is 2.89. The van der Waals surface area contributed by atoms with Gasteiger partial charge in [0.1, 0.15) is 0 Å². The van der Waals surface area contributed by atoms with Crippen molar-refractivity contribution in [2.24, 2.45) is 0 Å². The number of carbonyl (C=O) groups is 2. The van der Waals surface area contributed by atoms with Gasteiger partial charge in [-0.1, -0.05) is 30.1 Å². The van der Waals surface area contributed by atoms with Crippen molar-refractivity contribution in [2.75, 3.05) is 11.9 Å². The highest BCUT2D eigenvalue weighted by atomic mass is 35.5. The van der Waals surface area contributed by atoms with Crippen LogP contribution in [0.2, 0.25) is 10.0 Å². The molecule has 0 aliphatic heterocycles. The van der Waals surface area contributed by atoms with Gasteiger partial charge in [-0.15, -0.1) is 0 Å². The summed E-state index contributed by atoms with van der Waals surface area (Å²) in [5.74, 6) is -0.848. The molecular weight excluding hydrogens is 265 g/mol. The molecular formula is C11H11Cl2NO3. The topological polar surface area (TPSA) is 55.4 Å². The molecule has 92 valence electrons. The number of esters is 1. The summed E-state index contributed by atoms with van der Waals surface area (Å²) in [6, 6.07) is 4.69. The zero-order valence-electron chi connectivity index (χ0n) is 9.13. The van der Waals surface area contributed by atoms with E-state index in [9.17, 15) is 9.59 Å². The maximum atomic E-state index is 11.4. The van der Waals surface area contributed by atoms with Gasteiger partial charge < -0.3 is 10.1 Å². The first-order chi connectivity index (χ1) is 8.02. The fraction of sp³-hybridized carbons (Fsp3) is 0.273. The molecule has 6 heteroatoms. The molecule has 0 fully saturated rings. The molecule has 1 amide bonds. The van der Waals surface area contributed by atoms with Gasteiger partial charge >= 0.3 is 5.97 Å². The first-order valence-electron chi connectivity index (χ1n) is 4.93. The quantitative estimate of drug-likeness (QED) is 0.860. The van der Waals surface area contributed by atoms with Crippen LogP contribution < -0.4 is 5.32 Å². The molecule has 0 bridgehead atoms. The Labute approximate surface area is 109 Å². The van der Waals surface area contributed by atoms with E-state index in [0.717, 1.165) is 0 Å². The lowest BCUT2D eigenvalue weighted by Gasteiger charge is -2.06. The van der Waals surface area contributed by atoms with Gasteiger partial charge in [0.15, 0.2) is 6.61 Å². The normalized spacial score (nSPS) is 9.82. The molecule has 0 spiro atoms. The number of anilines is 1. The number of halogens is 2. The zero-order chi connectivity index (χ0) is 12.8. The highest BCUT2D eigenvalue weighted by molar-refractivity contribution is 6.42. The van der Waals surface area contributed by atoms with E-state index in [4.69, 9.17) is 23.2 Å². The lowest BCUT2D eigenvalue weighted by molar-refractivity contribution is -0.146. The van der Waals surface area contributed by atoms with Crippen LogP contribution in [0.15, 0.2) is 18.2 Å². The van der Waals surface area contributed by atoms with Gasteiger partial charge in [0.2, 0.25) is 0 Å². The third kappa shape index (κ3) is 4.63. The van der Waals surface area contributed by atoms with Crippen molar-refractivity contribution in [3.05, 3.63) is 28.2 Å². The average molecular weight is 276 g/mol. The van der Waals surface area contributed by atoms with Gasteiger partial charge in [-0.2, -0.15) is 0 Å². The van der Waals surface area contributed by atoms with Crippen molar-refractivity contribution in [3.8, 4) is 0 Å². The maximum Gasteiger partial charge on any atom is 0.306 e. The average Bonchev–Trinajstić information content (AvgIpc) is 2.31. The molecule has 0 aliphatic carbocycles. The number of amides is 1. The molecule has 1 N–H and O–H groups in total. The fourth-order valence-corrected chi connectivity index (χ4v) is 1.32. The van der Waals surface area contributed by atoms with Gasteiger partial charge in [-0.05, 0) is 18.2 Å². The standard InChI is InChI=1S/C11H11Cl2NO3/c1-2-11(16)17-6-10(15)14-7-3-4-8(12)9(13)5-7/h3-5H,2,6H2,1H3,(H,14,15). The smallest absolute Gasteiger partial charge is 0.306 e. The Morgan fingerprint density at radius 3 is 2.59 bits per heavy atom. The predicted molar refractivity (Wildman–Crippen MR) is 66.3 cm³/mol. The van der Waals surface area contributed by atoms with Gasteiger partial charge in [-0.3, -0.25) is 9.59 Å². The van der Waals surface area contributed by atoms with Crippen LogP contribution in [0.5, 0.6) is 0 Å². The summed E-state index contributed by atoms with van der Waals surface area (Å²) in [7, 11) is 0. The lowest BCUT2D eigenvalue weighted by atomic mass is 10.3. The second-order valence-corrected chi connectivity index (χ2v) is 4.01. The van der Waals surface area contributed by atoms with Crippen LogP contribution in [-0.4, -0.2) is 18.5 Å².